The number of benzene rings is 1. The van der Waals surface area contributed by atoms with Crippen molar-refractivity contribution in [2.75, 3.05) is 6.54 Å². The second-order valence-corrected chi connectivity index (χ2v) is 4.34. The summed E-state index contributed by atoms with van der Waals surface area (Å²) in [6.45, 7) is 3.13. The van der Waals surface area contributed by atoms with Crippen molar-refractivity contribution in [1.82, 2.24) is 5.32 Å². The maximum Gasteiger partial charge on any atom is 0.123 e. The molecule has 82 valence electrons. The summed E-state index contributed by atoms with van der Waals surface area (Å²) in [5.41, 5.74) is 1.12. The van der Waals surface area contributed by atoms with Crippen molar-refractivity contribution in [2.45, 2.75) is 38.1 Å². The molecule has 1 N–H and O–H groups in total. The van der Waals surface area contributed by atoms with Gasteiger partial charge in [-0.05, 0) is 42.9 Å². The molecule has 0 radical (unpaired) electrons. The molecular weight excluding hydrogens is 189 g/mol. The van der Waals surface area contributed by atoms with E-state index >= 15 is 0 Å². The molecule has 1 nitrogen and oxygen atoms in total. The van der Waals surface area contributed by atoms with Crippen molar-refractivity contribution in [3.8, 4) is 0 Å². The molecule has 0 spiro atoms. The highest BCUT2D eigenvalue weighted by Gasteiger charge is 2.21. The molecule has 15 heavy (non-hydrogen) atoms. The van der Waals surface area contributed by atoms with Gasteiger partial charge in [0, 0.05) is 12.6 Å². The standard InChI is InChI=1S/C13H18FN/c1-2-10(9-15-13-6-7-13)11-4-3-5-12(14)8-11/h3-5,8,10,13,15H,2,6-7,9H2,1H3. The van der Waals surface area contributed by atoms with Gasteiger partial charge in [0.25, 0.3) is 0 Å². The molecule has 0 heterocycles. The number of halogens is 1. The summed E-state index contributed by atoms with van der Waals surface area (Å²) in [6, 6.07) is 7.71. The molecule has 0 bridgehead atoms. The number of rotatable bonds is 5. The summed E-state index contributed by atoms with van der Waals surface area (Å²) in [7, 11) is 0. The Bertz CT molecular complexity index is 320. The molecule has 2 heteroatoms. The lowest BCUT2D eigenvalue weighted by atomic mass is 9.96. The van der Waals surface area contributed by atoms with Gasteiger partial charge in [-0.1, -0.05) is 19.1 Å². The minimum atomic E-state index is -0.127. The van der Waals surface area contributed by atoms with Crippen LogP contribution in [0.15, 0.2) is 24.3 Å². The van der Waals surface area contributed by atoms with Crippen molar-refractivity contribution < 1.29 is 4.39 Å². The molecule has 1 aliphatic carbocycles. The van der Waals surface area contributed by atoms with Crippen LogP contribution in [-0.2, 0) is 0 Å². The number of hydrogen-bond donors (Lipinski definition) is 1. The molecule has 1 aromatic rings. The van der Waals surface area contributed by atoms with E-state index < -0.39 is 0 Å². The molecule has 2 rings (SSSR count). The van der Waals surface area contributed by atoms with Gasteiger partial charge in [-0.2, -0.15) is 0 Å². The second-order valence-electron chi connectivity index (χ2n) is 4.34. The van der Waals surface area contributed by atoms with E-state index in [1.165, 1.54) is 18.9 Å². The Morgan fingerprint density at radius 3 is 2.87 bits per heavy atom. The summed E-state index contributed by atoms with van der Waals surface area (Å²) in [6.07, 6.45) is 3.67. The lowest BCUT2D eigenvalue weighted by molar-refractivity contribution is 0.560. The van der Waals surface area contributed by atoms with Crippen LogP contribution < -0.4 is 5.32 Å². The monoisotopic (exact) mass is 207 g/mol. The predicted molar refractivity (Wildman–Crippen MR) is 60.5 cm³/mol. The Kier molecular flexibility index (Phi) is 3.37. The van der Waals surface area contributed by atoms with E-state index in [9.17, 15) is 4.39 Å². The average Bonchev–Trinajstić information content (AvgIpc) is 3.03. The zero-order valence-corrected chi connectivity index (χ0v) is 9.17. The van der Waals surface area contributed by atoms with Crippen molar-refractivity contribution in [3.05, 3.63) is 35.6 Å². The van der Waals surface area contributed by atoms with Crippen LogP contribution in [0.3, 0.4) is 0 Å². The Hall–Kier alpha value is -0.890. The van der Waals surface area contributed by atoms with Crippen LogP contribution >= 0.6 is 0 Å². The fourth-order valence-electron chi connectivity index (χ4n) is 1.85. The second kappa shape index (κ2) is 4.75. The summed E-state index contributed by atoms with van der Waals surface area (Å²) >= 11 is 0. The van der Waals surface area contributed by atoms with Crippen LogP contribution in [0.4, 0.5) is 4.39 Å². The molecule has 0 amide bonds. The fraction of sp³-hybridized carbons (Fsp3) is 0.538. The highest BCUT2D eigenvalue weighted by Crippen LogP contribution is 2.23. The van der Waals surface area contributed by atoms with Gasteiger partial charge in [0.1, 0.15) is 5.82 Å². The first kappa shape index (κ1) is 10.6. The van der Waals surface area contributed by atoms with E-state index in [4.69, 9.17) is 0 Å². The largest absolute Gasteiger partial charge is 0.313 e. The Morgan fingerprint density at radius 1 is 1.47 bits per heavy atom. The number of nitrogens with one attached hydrogen (secondary N) is 1. The van der Waals surface area contributed by atoms with E-state index in [1.807, 2.05) is 6.07 Å². The molecule has 1 unspecified atom stereocenters. The molecule has 1 saturated carbocycles. The lowest BCUT2D eigenvalue weighted by Gasteiger charge is -2.16. The van der Waals surface area contributed by atoms with E-state index in [0.29, 0.717) is 5.92 Å². The minimum absolute atomic E-state index is 0.127. The SMILES string of the molecule is CCC(CNC1CC1)c1cccc(F)c1. The van der Waals surface area contributed by atoms with Crippen LogP contribution in [0.25, 0.3) is 0 Å². The first-order valence-electron chi connectivity index (χ1n) is 5.78. The van der Waals surface area contributed by atoms with Crippen LogP contribution in [-0.4, -0.2) is 12.6 Å². The van der Waals surface area contributed by atoms with Gasteiger partial charge in [0.15, 0.2) is 0 Å². The summed E-state index contributed by atoms with van der Waals surface area (Å²) in [4.78, 5) is 0. The molecule has 1 aromatic carbocycles. The van der Waals surface area contributed by atoms with Crippen molar-refractivity contribution in [2.24, 2.45) is 0 Å². The summed E-state index contributed by atoms with van der Waals surface area (Å²) < 4.78 is 13.1. The third-order valence-electron chi connectivity index (χ3n) is 3.04. The van der Waals surface area contributed by atoms with Gasteiger partial charge in [0.05, 0.1) is 0 Å². The van der Waals surface area contributed by atoms with Gasteiger partial charge in [0.2, 0.25) is 0 Å². The minimum Gasteiger partial charge on any atom is -0.313 e. The Morgan fingerprint density at radius 2 is 2.27 bits per heavy atom. The van der Waals surface area contributed by atoms with Crippen LogP contribution in [0, 0.1) is 5.82 Å². The van der Waals surface area contributed by atoms with E-state index in [1.54, 1.807) is 12.1 Å². The third-order valence-corrected chi connectivity index (χ3v) is 3.04. The van der Waals surface area contributed by atoms with Crippen LogP contribution in [0.5, 0.6) is 0 Å². The van der Waals surface area contributed by atoms with Crippen molar-refractivity contribution in [1.29, 1.82) is 0 Å². The molecule has 1 atom stereocenters. The van der Waals surface area contributed by atoms with E-state index in [-0.39, 0.29) is 5.82 Å². The Balaban J connectivity index is 1.97. The average molecular weight is 207 g/mol. The maximum atomic E-state index is 13.1. The Labute approximate surface area is 90.7 Å². The third kappa shape index (κ3) is 3.03. The van der Waals surface area contributed by atoms with Gasteiger partial charge in [-0.25, -0.2) is 4.39 Å². The maximum absolute atomic E-state index is 13.1. The number of hydrogen-bond acceptors (Lipinski definition) is 1. The normalized spacial score (nSPS) is 17.7. The molecule has 0 aromatic heterocycles. The zero-order valence-electron chi connectivity index (χ0n) is 9.17. The zero-order chi connectivity index (χ0) is 10.7. The molecule has 1 fully saturated rings. The first-order valence-corrected chi connectivity index (χ1v) is 5.78. The first-order chi connectivity index (χ1) is 7.29. The smallest absolute Gasteiger partial charge is 0.123 e. The van der Waals surface area contributed by atoms with E-state index in [2.05, 4.69) is 12.2 Å². The highest BCUT2D eigenvalue weighted by atomic mass is 19.1. The van der Waals surface area contributed by atoms with Crippen LogP contribution in [0.2, 0.25) is 0 Å². The van der Waals surface area contributed by atoms with Gasteiger partial charge in [-0.3, -0.25) is 0 Å². The predicted octanol–water partition coefficient (Wildman–Crippen LogP) is 3.07. The molecule has 0 saturated heterocycles. The summed E-state index contributed by atoms with van der Waals surface area (Å²) in [5.74, 6) is 0.318. The molecule has 1 aliphatic rings. The van der Waals surface area contributed by atoms with Crippen molar-refractivity contribution >= 4 is 0 Å². The fourth-order valence-corrected chi connectivity index (χ4v) is 1.85. The van der Waals surface area contributed by atoms with E-state index in [0.717, 1.165) is 24.6 Å². The van der Waals surface area contributed by atoms with Gasteiger partial charge >= 0.3 is 0 Å². The van der Waals surface area contributed by atoms with Crippen molar-refractivity contribution in [3.63, 3.8) is 0 Å². The quantitative estimate of drug-likeness (QED) is 0.782. The highest BCUT2D eigenvalue weighted by molar-refractivity contribution is 5.21. The topological polar surface area (TPSA) is 12.0 Å². The lowest BCUT2D eigenvalue weighted by Crippen LogP contribution is -2.23. The van der Waals surface area contributed by atoms with Crippen LogP contribution in [0.1, 0.15) is 37.7 Å². The van der Waals surface area contributed by atoms with Gasteiger partial charge < -0.3 is 5.32 Å². The summed E-state index contributed by atoms with van der Waals surface area (Å²) in [5, 5.41) is 3.50. The molecule has 0 aliphatic heterocycles. The van der Waals surface area contributed by atoms with Gasteiger partial charge in [-0.15, -0.1) is 0 Å². The molecular formula is C13H18FN.